The number of halogens is 3. The molecule has 2 aliphatic heterocycles. The zero-order valence-electron chi connectivity index (χ0n) is 15.4. The average Bonchev–Trinajstić information content (AvgIpc) is 3.37. The monoisotopic (exact) mass is 424 g/mol. The number of anilines is 1. The highest BCUT2D eigenvalue weighted by Crippen LogP contribution is 2.32. The summed E-state index contributed by atoms with van der Waals surface area (Å²) in [6, 6.07) is 4.67. The standard InChI is InChI=1S/C19H19F3N4O2S/c20-19(21,22)13-1-3-14(4-2-13)26-12-15(11-16(26)27)24-6-8-25(9-7-24)18(28)17-23-5-10-29-17/h1-5,10,15H,6-9,11-12H2. The van der Waals surface area contributed by atoms with Crippen LogP contribution in [0.1, 0.15) is 21.8 Å². The van der Waals surface area contributed by atoms with Gasteiger partial charge in [0.15, 0.2) is 5.01 Å². The second-order valence-electron chi connectivity index (χ2n) is 7.07. The molecule has 2 amide bonds. The minimum absolute atomic E-state index is 0.0121. The van der Waals surface area contributed by atoms with Crippen molar-refractivity contribution in [1.29, 1.82) is 0 Å². The topological polar surface area (TPSA) is 56.8 Å². The fourth-order valence-electron chi connectivity index (χ4n) is 3.77. The normalized spacial score (nSPS) is 21.1. The van der Waals surface area contributed by atoms with Crippen LogP contribution in [0.4, 0.5) is 18.9 Å². The van der Waals surface area contributed by atoms with E-state index in [1.165, 1.54) is 28.4 Å². The molecule has 4 rings (SSSR count). The number of hydrogen-bond donors (Lipinski definition) is 0. The molecule has 1 atom stereocenters. The van der Waals surface area contributed by atoms with E-state index >= 15 is 0 Å². The van der Waals surface area contributed by atoms with Crippen molar-refractivity contribution in [3.63, 3.8) is 0 Å². The molecule has 154 valence electrons. The van der Waals surface area contributed by atoms with Gasteiger partial charge in [-0.1, -0.05) is 0 Å². The van der Waals surface area contributed by atoms with Gasteiger partial charge in [0.25, 0.3) is 5.91 Å². The van der Waals surface area contributed by atoms with Crippen LogP contribution in [0, 0.1) is 0 Å². The number of rotatable bonds is 3. The summed E-state index contributed by atoms with van der Waals surface area (Å²) in [5, 5.41) is 2.24. The average molecular weight is 424 g/mol. The van der Waals surface area contributed by atoms with Crippen molar-refractivity contribution in [2.45, 2.75) is 18.6 Å². The number of piperazine rings is 1. The van der Waals surface area contributed by atoms with Crippen molar-refractivity contribution >= 4 is 28.8 Å². The quantitative estimate of drug-likeness (QED) is 0.761. The van der Waals surface area contributed by atoms with E-state index < -0.39 is 11.7 Å². The fourth-order valence-corrected chi connectivity index (χ4v) is 4.37. The summed E-state index contributed by atoms with van der Waals surface area (Å²) in [6.07, 6.45) is -2.47. The Morgan fingerprint density at radius 1 is 1.10 bits per heavy atom. The molecule has 0 N–H and O–H groups in total. The molecule has 1 aromatic carbocycles. The van der Waals surface area contributed by atoms with E-state index in [1.807, 2.05) is 0 Å². The van der Waals surface area contributed by atoms with E-state index in [2.05, 4.69) is 9.88 Å². The highest BCUT2D eigenvalue weighted by Gasteiger charge is 2.37. The Morgan fingerprint density at radius 3 is 2.38 bits per heavy atom. The Hall–Kier alpha value is -2.46. The number of aromatic nitrogens is 1. The molecule has 0 spiro atoms. The molecular formula is C19H19F3N4O2S. The van der Waals surface area contributed by atoms with Gasteiger partial charge in [-0.05, 0) is 24.3 Å². The van der Waals surface area contributed by atoms with Crippen LogP contribution in [0.5, 0.6) is 0 Å². The maximum atomic E-state index is 12.7. The van der Waals surface area contributed by atoms with Gasteiger partial charge >= 0.3 is 6.18 Å². The first-order valence-corrected chi connectivity index (χ1v) is 10.1. The van der Waals surface area contributed by atoms with E-state index in [1.54, 1.807) is 16.5 Å². The maximum absolute atomic E-state index is 12.7. The predicted octanol–water partition coefficient (Wildman–Crippen LogP) is 2.73. The van der Waals surface area contributed by atoms with Gasteiger partial charge in [-0.3, -0.25) is 14.5 Å². The summed E-state index contributed by atoms with van der Waals surface area (Å²) in [5.41, 5.74) is -0.256. The van der Waals surface area contributed by atoms with Crippen LogP contribution in [0.3, 0.4) is 0 Å². The first-order valence-electron chi connectivity index (χ1n) is 9.23. The van der Waals surface area contributed by atoms with Crippen LogP contribution in [0.2, 0.25) is 0 Å². The van der Waals surface area contributed by atoms with Crippen LogP contribution in [-0.2, 0) is 11.0 Å². The van der Waals surface area contributed by atoms with Crippen LogP contribution in [0.25, 0.3) is 0 Å². The number of thiazole rings is 1. The molecule has 2 saturated heterocycles. The third-order valence-electron chi connectivity index (χ3n) is 5.34. The van der Waals surface area contributed by atoms with Gasteiger partial charge in [-0.2, -0.15) is 13.2 Å². The highest BCUT2D eigenvalue weighted by atomic mass is 32.1. The highest BCUT2D eigenvalue weighted by molar-refractivity contribution is 7.11. The van der Waals surface area contributed by atoms with Gasteiger partial charge in [0, 0.05) is 62.5 Å². The molecule has 29 heavy (non-hydrogen) atoms. The lowest BCUT2D eigenvalue weighted by atomic mass is 10.2. The minimum Gasteiger partial charge on any atom is -0.334 e. The van der Waals surface area contributed by atoms with Crippen LogP contribution in [0.15, 0.2) is 35.8 Å². The Kier molecular flexibility index (Phi) is 5.30. The Labute approximate surface area is 169 Å². The number of benzene rings is 1. The van der Waals surface area contributed by atoms with Gasteiger partial charge in [0.1, 0.15) is 0 Å². The number of nitrogens with zero attached hydrogens (tertiary/aromatic N) is 4. The van der Waals surface area contributed by atoms with Crippen LogP contribution < -0.4 is 4.90 Å². The van der Waals surface area contributed by atoms with E-state index in [0.29, 0.717) is 49.8 Å². The van der Waals surface area contributed by atoms with Crippen molar-refractivity contribution in [2.24, 2.45) is 0 Å². The molecule has 10 heteroatoms. The molecule has 0 bridgehead atoms. The zero-order chi connectivity index (χ0) is 20.6. The Bertz CT molecular complexity index is 878. The van der Waals surface area contributed by atoms with E-state index in [9.17, 15) is 22.8 Å². The Morgan fingerprint density at radius 2 is 1.79 bits per heavy atom. The first kappa shape index (κ1) is 19.8. The van der Waals surface area contributed by atoms with E-state index in [0.717, 1.165) is 12.1 Å². The smallest absolute Gasteiger partial charge is 0.334 e. The molecule has 0 saturated carbocycles. The van der Waals surface area contributed by atoms with Crippen molar-refractivity contribution < 1.29 is 22.8 Å². The van der Waals surface area contributed by atoms with Crippen molar-refractivity contribution in [2.75, 3.05) is 37.6 Å². The molecule has 2 fully saturated rings. The summed E-state index contributed by atoms with van der Waals surface area (Å²) in [5.74, 6) is -0.176. The molecule has 2 aliphatic rings. The maximum Gasteiger partial charge on any atom is 0.416 e. The minimum atomic E-state index is -4.40. The van der Waals surface area contributed by atoms with Crippen molar-refractivity contribution in [3.8, 4) is 0 Å². The third-order valence-corrected chi connectivity index (χ3v) is 6.11. The van der Waals surface area contributed by atoms with Crippen LogP contribution in [-0.4, -0.2) is 65.4 Å². The molecule has 6 nitrogen and oxygen atoms in total. The van der Waals surface area contributed by atoms with Crippen LogP contribution >= 0.6 is 11.3 Å². The number of hydrogen-bond acceptors (Lipinski definition) is 5. The first-order chi connectivity index (χ1) is 13.8. The molecule has 3 heterocycles. The van der Waals surface area contributed by atoms with Gasteiger partial charge < -0.3 is 9.80 Å². The summed E-state index contributed by atoms with van der Waals surface area (Å²) < 4.78 is 38.2. The largest absolute Gasteiger partial charge is 0.416 e. The number of alkyl halides is 3. The summed E-state index contributed by atoms with van der Waals surface area (Å²) in [6.45, 7) is 2.85. The Balaban J connectivity index is 1.36. The molecule has 1 aromatic heterocycles. The predicted molar refractivity (Wildman–Crippen MR) is 102 cm³/mol. The third kappa shape index (κ3) is 4.13. The lowest BCUT2D eigenvalue weighted by molar-refractivity contribution is -0.137. The second kappa shape index (κ2) is 7.75. The molecule has 1 unspecified atom stereocenters. The fraction of sp³-hybridized carbons (Fsp3) is 0.421. The lowest BCUT2D eigenvalue weighted by Gasteiger charge is -2.37. The summed E-state index contributed by atoms with van der Waals surface area (Å²) >= 11 is 1.31. The number of carbonyl (C=O) groups is 2. The lowest BCUT2D eigenvalue weighted by Crippen LogP contribution is -2.52. The second-order valence-corrected chi connectivity index (χ2v) is 7.97. The van der Waals surface area contributed by atoms with Crippen molar-refractivity contribution in [3.05, 3.63) is 46.4 Å². The van der Waals surface area contributed by atoms with Crippen molar-refractivity contribution in [1.82, 2.24) is 14.8 Å². The number of carbonyl (C=O) groups excluding carboxylic acids is 2. The van der Waals surface area contributed by atoms with E-state index in [-0.39, 0.29) is 17.9 Å². The van der Waals surface area contributed by atoms with Gasteiger partial charge in [0.05, 0.1) is 5.56 Å². The van der Waals surface area contributed by atoms with Gasteiger partial charge in [-0.25, -0.2) is 4.98 Å². The summed E-state index contributed by atoms with van der Waals surface area (Å²) in [4.78, 5) is 34.4. The number of amides is 2. The van der Waals surface area contributed by atoms with E-state index in [4.69, 9.17) is 0 Å². The zero-order valence-corrected chi connectivity index (χ0v) is 16.2. The molecule has 0 aliphatic carbocycles. The molecule has 0 radical (unpaired) electrons. The summed E-state index contributed by atoms with van der Waals surface area (Å²) in [7, 11) is 0. The van der Waals surface area contributed by atoms with Gasteiger partial charge in [-0.15, -0.1) is 11.3 Å². The molecule has 2 aromatic rings. The SMILES string of the molecule is O=C(c1nccs1)N1CCN(C2CC(=O)N(c3ccc(C(F)(F)F)cc3)C2)CC1. The van der Waals surface area contributed by atoms with Gasteiger partial charge in [0.2, 0.25) is 5.91 Å². The molecular weight excluding hydrogens is 405 g/mol.